The molecule has 0 radical (unpaired) electrons. The number of rotatable bonds is 5. The number of halogens is 3. The summed E-state index contributed by atoms with van der Waals surface area (Å²) in [6.45, 7) is 3.13. The summed E-state index contributed by atoms with van der Waals surface area (Å²) in [7, 11) is -3.56. The minimum absolute atomic E-state index is 0.0775. The fraction of sp³-hybridized carbons (Fsp3) is 0.333. The van der Waals surface area contributed by atoms with Gasteiger partial charge in [-0.25, -0.2) is 18.5 Å². The van der Waals surface area contributed by atoms with E-state index >= 15 is 0 Å². The van der Waals surface area contributed by atoms with Crippen LogP contribution in [0.5, 0.6) is 0 Å². The summed E-state index contributed by atoms with van der Waals surface area (Å²) in [5.41, 5.74) is 4.77. The number of nitrogens with one attached hydrogen (secondary N) is 1. The van der Waals surface area contributed by atoms with Crippen molar-refractivity contribution >= 4 is 27.0 Å². The molecule has 2 aromatic carbocycles. The summed E-state index contributed by atoms with van der Waals surface area (Å²) >= 11 is 0. The van der Waals surface area contributed by atoms with E-state index in [0.29, 0.717) is 18.0 Å². The third kappa shape index (κ3) is 5.45. The molecular formula is C30H29F3N4O3S. The molecule has 2 aromatic rings. The van der Waals surface area contributed by atoms with Gasteiger partial charge in [0.1, 0.15) is 17.1 Å². The summed E-state index contributed by atoms with van der Waals surface area (Å²) < 4.78 is 67.7. The monoisotopic (exact) mass is 582 g/mol. The number of hydrogen-bond acceptors (Lipinski definition) is 7. The molecule has 0 aromatic heterocycles. The van der Waals surface area contributed by atoms with Gasteiger partial charge in [-0.05, 0) is 37.1 Å². The maximum atomic E-state index is 14.2. The van der Waals surface area contributed by atoms with E-state index in [-0.39, 0.29) is 29.1 Å². The van der Waals surface area contributed by atoms with E-state index in [1.807, 2.05) is 30.3 Å². The number of aliphatic imine (C=N–C) groups is 1. The van der Waals surface area contributed by atoms with E-state index in [1.54, 1.807) is 12.1 Å². The molecule has 1 aliphatic carbocycles. The first-order valence-electron chi connectivity index (χ1n) is 13.3. The molecule has 0 saturated carbocycles. The Hall–Kier alpha value is -3.79. The largest absolute Gasteiger partial charge is 0.420 e. The van der Waals surface area contributed by atoms with E-state index in [2.05, 4.69) is 33.9 Å². The number of amidine groups is 1. The fourth-order valence-corrected chi connectivity index (χ4v) is 6.49. The first-order valence-corrected chi connectivity index (χ1v) is 15.2. The van der Waals surface area contributed by atoms with Gasteiger partial charge < -0.3 is 10.2 Å². The van der Waals surface area contributed by atoms with Crippen molar-refractivity contribution in [1.82, 2.24) is 5.06 Å². The predicted molar refractivity (Wildman–Crippen MR) is 151 cm³/mol. The summed E-state index contributed by atoms with van der Waals surface area (Å²) in [5.74, 6) is 0.512. The van der Waals surface area contributed by atoms with E-state index in [0.717, 1.165) is 36.7 Å². The molecule has 2 fully saturated rings. The van der Waals surface area contributed by atoms with Crippen molar-refractivity contribution in [2.24, 2.45) is 10.9 Å². The van der Waals surface area contributed by atoms with Crippen LogP contribution in [0, 0.1) is 5.92 Å². The zero-order chi connectivity index (χ0) is 28.9. The molecule has 214 valence electrons. The second kappa shape index (κ2) is 10.2. The molecule has 0 bridgehead atoms. The highest BCUT2D eigenvalue weighted by atomic mass is 32.2. The lowest BCUT2D eigenvalue weighted by Gasteiger charge is -2.46. The zero-order valence-corrected chi connectivity index (χ0v) is 23.3. The standard InChI is InChI=1S/C30H29F3N4O3S/c1-19-12-21-18-36(28(21)13-19)23-14-22(15-24(16-23)41(2,38)39)35-29-9-8-27(25(17-34-29)30(31,32)33)37-26(10-11-40-37)20-6-4-3-5-7-20/h3-7,9,12,14-17,21,26,28H,10-11,13,18H2,1-2H3,(H,34,35)/t21-,26-,28?/m0/s1. The lowest BCUT2D eigenvalue weighted by Crippen LogP contribution is -2.53. The van der Waals surface area contributed by atoms with Gasteiger partial charge in [0.2, 0.25) is 0 Å². The number of sulfone groups is 1. The highest BCUT2D eigenvalue weighted by Gasteiger charge is 2.43. The normalized spacial score (nSPS) is 24.2. The van der Waals surface area contributed by atoms with Crippen molar-refractivity contribution in [2.45, 2.75) is 42.9 Å². The second-order valence-corrected chi connectivity index (χ2v) is 12.8. The first-order chi connectivity index (χ1) is 19.5. The fourth-order valence-electron chi connectivity index (χ4n) is 5.82. The molecule has 2 saturated heterocycles. The van der Waals surface area contributed by atoms with E-state index in [4.69, 9.17) is 4.84 Å². The smallest absolute Gasteiger partial charge is 0.367 e. The molecule has 1 N–H and O–H groups in total. The van der Waals surface area contributed by atoms with Gasteiger partial charge in [0.25, 0.3) is 0 Å². The number of fused-ring (bicyclic) bond motifs is 1. The number of hydrogen-bond donors (Lipinski definition) is 1. The van der Waals surface area contributed by atoms with Crippen molar-refractivity contribution in [3.63, 3.8) is 0 Å². The molecule has 6 rings (SSSR count). The Bertz CT molecular complexity index is 1640. The van der Waals surface area contributed by atoms with Crippen LogP contribution in [0.15, 0.2) is 99.3 Å². The summed E-state index contributed by atoms with van der Waals surface area (Å²) in [5, 5.41) is 4.27. The van der Waals surface area contributed by atoms with E-state index < -0.39 is 27.6 Å². The molecule has 0 spiro atoms. The van der Waals surface area contributed by atoms with Crippen LogP contribution in [-0.4, -0.2) is 50.9 Å². The topological polar surface area (TPSA) is 74.2 Å². The Kier molecular flexibility index (Phi) is 6.84. The lowest BCUT2D eigenvalue weighted by atomic mass is 9.91. The molecule has 11 heteroatoms. The summed E-state index contributed by atoms with van der Waals surface area (Å²) in [6, 6.07) is 14.0. The van der Waals surface area contributed by atoms with Crippen LogP contribution >= 0.6 is 0 Å². The molecule has 3 aliphatic heterocycles. The molecule has 4 aliphatic rings. The quantitative estimate of drug-likeness (QED) is 0.348. The Balaban J connectivity index is 1.34. The maximum Gasteiger partial charge on any atom is 0.420 e. The van der Waals surface area contributed by atoms with Crippen LogP contribution in [0.1, 0.15) is 31.4 Å². The molecule has 1 unspecified atom stereocenters. The van der Waals surface area contributed by atoms with Gasteiger partial charge in [-0.2, -0.15) is 13.2 Å². The number of hydroxylamine groups is 2. The molecule has 3 heterocycles. The van der Waals surface area contributed by atoms with Gasteiger partial charge in [-0.1, -0.05) is 47.7 Å². The van der Waals surface area contributed by atoms with Crippen LogP contribution in [-0.2, 0) is 14.7 Å². The van der Waals surface area contributed by atoms with Gasteiger partial charge in [-0.15, -0.1) is 0 Å². The molecule has 41 heavy (non-hydrogen) atoms. The van der Waals surface area contributed by atoms with Gasteiger partial charge in [-0.3, -0.25) is 4.84 Å². The van der Waals surface area contributed by atoms with E-state index in [1.165, 1.54) is 22.8 Å². The minimum atomic E-state index is -4.72. The SMILES string of the molecule is CC1=C[C@H]2CN(c3cc(NC4=NC=C(C(F)(F)F)C(N5OCC[C@H]5c5ccccc5)=C=C4)cc(S(C)(=O)=O)c3)C2C1. The highest BCUT2D eigenvalue weighted by Crippen LogP contribution is 2.43. The maximum absolute atomic E-state index is 14.2. The van der Waals surface area contributed by atoms with E-state index in [9.17, 15) is 21.6 Å². The number of alkyl halides is 3. The Morgan fingerprint density at radius 1 is 1.15 bits per heavy atom. The number of benzene rings is 2. The third-order valence-corrected chi connectivity index (χ3v) is 8.90. The van der Waals surface area contributed by atoms with Gasteiger partial charge in [0, 0.05) is 54.8 Å². The van der Waals surface area contributed by atoms with Crippen LogP contribution in [0.4, 0.5) is 24.5 Å². The van der Waals surface area contributed by atoms with Crippen LogP contribution in [0.3, 0.4) is 0 Å². The average Bonchev–Trinajstić information content (AvgIpc) is 3.43. The van der Waals surface area contributed by atoms with Crippen LogP contribution in [0.25, 0.3) is 0 Å². The summed E-state index contributed by atoms with van der Waals surface area (Å²) in [4.78, 5) is 12.0. The predicted octanol–water partition coefficient (Wildman–Crippen LogP) is 5.93. The first kappa shape index (κ1) is 27.4. The minimum Gasteiger partial charge on any atom is -0.367 e. The molecule has 3 atom stereocenters. The third-order valence-electron chi connectivity index (χ3n) is 7.80. The summed E-state index contributed by atoms with van der Waals surface area (Å²) in [6.07, 6.45) is 2.18. The van der Waals surface area contributed by atoms with Crippen molar-refractivity contribution in [2.75, 3.05) is 29.6 Å². The van der Waals surface area contributed by atoms with Crippen molar-refractivity contribution in [1.29, 1.82) is 0 Å². The zero-order valence-electron chi connectivity index (χ0n) is 22.5. The van der Waals surface area contributed by atoms with Crippen molar-refractivity contribution in [3.8, 4) is 0 Å². The number of anilines is 2. The van der Waals surface area contributed by atoms with Gasteiger partial charge in [0.15, 0.2) is 9.84 Å². The second-order valence-electron chi connectivity index (χ2n) is 10.8. The lowest BCUT2D eigenvalue weighted by molar-refractivity contribution is -0.123. The average molecular weight is 583 g/mol. The van der Waals surface area contributed by atoms with Crippen LogP contribution in [0.2, 0.25) is 0 Å². The van der Waals surface area contributed by atoms with Crippen molar-refractivity contribution in [3.05, 3.63) is 95.0 Å². The Morgan fingerprint density at radius 2 is 1.93 bits per heavy atom. The number of nitrogens with zero attached hydrogens (tertiary/aromatic N) is 3. The molecular weight excluding hydrogens is 553 g/mol. The van der Waals surface area contributed by atoms with Crippen LogP contribution < -0.4 is 10.2 Å². The molecule has 0 amide bonds. The van der Waals surface area contributed by atoms with Gasteiger partial charge >= 0.3 is 6.18 Å². The van der Waals surface area contributed by atoms with Gasteiger partial charge in [0.05, 0.1) is 17.5 Å². The Morgan fingerprint density at radius 3 is 2.63 bits per heavy atom. The molecule has 7 nitrogen and oxygen atoms in total. The van der Waals surface area contributed by atoms with Crippen molar-refractivity contribution < 1.29 is 26.4 Å². The Labute approximate surface area is 236 Å². The highest BCUT2D eigenvalue weighted by molar-refractivity contribution is 7.90.